The van der Waals surface area contributed by atoms with E-state index in [0.717, 1.165) is 26.2 Å². The zero-order valence-corrected chi connectivity index (χ0v) is 12.3. The van der Waals surface area contributed by atoms with E-state index in [1.807, 2.05) is 0 Å². The predicted molar refractivity (Wildman–Crippen MR) is 59.3 cm³/mol. The molecule has 0 aromatic rings. The summed E-state index contributed by atoms with van der Waals surface area (Å²) in [6.45, 7) is 3.03. The summed E-state index contributed by atoms with van der Waals surface area (Å²) in [4.78, 5) is 0. The van der Waals surface area contributed by atoms with Crippen LogP contribution in [0.15, 0.2) is 0 Å². The molecule has 84 valence electrons. The van der Waals surface area contributed by atoms with Gasteiger partial charge in [-0.05, 0) is 0 Å². The first-order chi connectivity index (χ1) is 6.33. The third-order valence-electron chi connectivity index (χ3n) is 0.901. The molecular weight excluding hydrogens is 437 g/mol. The van der Waals surface area contributed by atoms with Crippen LogP contribution in [0.4, 0.5) is 0 Å². The molecule has 0 radical (unpaired) electrons. The van der Waals surface area contributed by atoms with Crippen LogP contribution in [-0.4, -0.2) is 37.9 Å². The van der Waals surface area contributed by atoms with Crippen molar-refractivity contribution in [2.45, 2.75) is 0 Å². The summed E-state index contributed by atoms with van der Waals surface area (Å²) in [6, 6.07) is 0. The number of nitrogens with zero attached hydrogens (tertiary/aromatic N) is 2. The zero-order chi connectivity index (χ0) is 10.4. The van der Waals surface area contributed by atoms with Crippen molar-refractivity contribution in [3.05, 3.63) is 10.6 Å². The molecule has 0 aromatic heterocycles. The summed E-state index contributed by atoms with van der Waals surface area (Å²) in [5.41, 5.74) is 0. The van der Waals surface area contributed by atoms with E-state index < -0.39 is 16.5 Å². The fraction of sp³-hybridized carbons (Fsp3) is 1.00. The minimum atomic E-state index is -0.472. The molecule has 0 heterocycles. The maximum atomic E-state index is 5.40. The van der Waals surface area contributed by atoms with Crippen molar-refractivity contribution in [2.75, 3.05) is 37.9 Å². The van der Waals surface area contributed by atoms with Crippen LogP contribution in [0.2, 0.25) is 0 Å². The Bertz CT molecular complexity index is 71.7. The van der Waals surface area contributed by atoms with E-state index in [9.17, 15) is 0 Å². The molecule has 13 heavy (non-hydrogen) atoms. The molecule has 0 unspecified atom stereocenters. The number of halogens is 4. The van der Waals surface area contributed by atoms with Crippen molar-refractivity contribution in [3.8, 4) is 0 Å². The average Bonchev–Trinajstić information content (AvgIpc) is 2.13. The minimum absolute atomic E-state index is 0.472. The Balaban J connectivity index is 0. The Labute approximate surface area is 106 Å². The third kappa shape index (κ3) is 24.8. The van der Waals surface area contributed by atoms with Gasteiger partial charge in [0.15, 0.2) is 0 Å². The van der Waals surface area contributed by atoms with Crippen LogP contribution in [-0.2, 0) is 16.5 Å². The second kappa shape index (κ2) is 19.4. The van der Waals surface area contributed by atoms with Crippen molar-refractivity contribution in [2.24, 2.45) is 0 Å². The van der Waals surface area contributed by atoms with Gasteiger partial charge >= 0.3 is 35.3 Å². The van der Waals surface area contributed by atoms with Gasteiger partial charge in [0.1, 0.15) is 0 Å². The van der Waals surface area contributed by atoms with Crippen LogP contribution < -0.4 is 0 Å². The van der Waals surface area contributed by atoms with Gasteiger partial charge in [0, 0.05) is 11.8 Å². The van der Waals surface area contributed by atoms with E-state index in [4.69, 9.17) is 42.0 Å². The Morgan fingerprint density at radius 3 is 1.31 bits per heavy atom. The summed E-state index contributed by atoms with van der Waals surface area (Å²) in [6.07, 6.45) is 0. The SMILES string of the molecule is ClCC[N-]CC[N-]CCCl.[Cl][Pt+2][Cl]. The first kappa shape index (κ1) is 17.2. The molecule has 0 saturated heterocycles. The summed E-state index contributed by atoms with van der Waals surface area (Å²) < 4.78 is 0. The second-order valence-electron chi connectivity index (χ2n) is 1.76. The zero-order valence-electron chi connectivity index (χ0n) is 6.97. The van der Waals surface area contributed by atoms with Crippen molar-refractivity contribution in [1.82, 2.24) is 0 Å². The number of rotatable bonds is 7. The molecule has 0 atom stereocenters. The van der Waals surface area contributed by atoms with Gasteiger partial charge in [0.2, 0.25) is 0 Å². The van der Waals surface area contributed by atoms with Crippen molar-refractivity contribution >= 4 is 42.0 Å². The first-order valence-corrected chi connectivity index (χ1v) is 10.2. The van der Waals surface area contributed by atoms with Crippen LogP contribution in [0.3, 0.4) is 0 Å². The molecule has 0 saturated carbocycles. The Morgan fingerprint density at radius 1 is 0.769 bits per heavy atom. The van der Waals surface area contributed by atoms with Crippen LogP contribution in [0.25, 0.3) is 10.6 Å². The molecule has 7 heteroatoms. The summed E-state index contributed by atoms with van der Waals surface area (Å²) in [5, 5.41) is 8.19. The quantitative estimate of drug-likeness (QED) is 0.420. The summed E-state index contributed by atoms with van der Waals surface area (Å²) in [7, 11) is 9.75. The molecule has 0 N–H and O–H groups in total. The standard InChI is InChI=1S/C6H12Cl2N2.2ClH.Pt/c7-1-3-9-5-6-10-4-2-8;;;/h1-6H2;2*1H;/q-2;;;+4/p-2. The molecule has 0 aliphatic rings. The van der Waals surface area contributed by atoms with Gasteiger partial charge in [0.25, 0.3) is 0 Å². The molecule has 2 nitrogen and oxygen atoms in total. The van der Waals surface area contributed by atoms with Crippen molar-refractivity contribution in [3.63, 3.8) is 0 Å². The van der Waals surface area contributed by atoms with Gasteiger partial charge < -0.3 is 10.6 Å². The van der Waals surface area contributed by atoms with Crippen LogP contribution in [0.1, 0.15) is 0 Å². The van der Waals surface area contributed by atoms with Gasteiger partial charge in [-0.1, -0.05) is 0 Å². The molecule has 0 rings (SSSR count). The Hall–Kier alpha value is 1.77. The van der Waals surface area contributed by atoms with Crippen molar-refractivity contribution in [1.29, 1.82) is 0 Å². The first-order valence-electron chi connectivity index (χ1n) is 3.54. The molecule has 0 aliphatic heterocycles. The van der Waals surface area contributed by atoms with Crippen LogP contribution in [0, 0.1) is 0 Å². The van der Waals surface area contributed by atoms with Crippen LogP contribution in [0.5, 0.6) is 0 Å². The second-order valence-corrected chi connectivity index (χ2v) is 5.80. The van der Waals surface area contributed by atoms with Crippen molar-refractivity contribution < 1.29 is 16.5 Å². The number of hydrogen-bond acceptors (Lipinski definition) is 0. The molecule has 0 fully saturated rings. The maximum absolute atomic E-state index is 5.40. The molecular formula is C6H12Cl4N2Pt. The fourth-order valence-corrected chi connectivity index (χ4v) is 0.724. The van der Waals surface area contributed by atoms with E-state index in [-0.39, 0.29) is 0 Å². The van der Waals surface area contributed by atoms with E-state index in [1.54, 1.807) is 0 Å². The molecule has 0 spiro atoms. The molecule has 0 aromatic carbocycles. The summed E-state index contributed by atoms with van der Waals surface area (Å²) in [5.74, 6) is 1.21. The Morgan fingerprint density at radius 2 is 1.08 bits per heavy atom. The topological polar surface area (TPSA) is 28.2 Å². The van der Waals surface area contributed by atoms with E-state index >= 15 is 0 Å². The molecule has 0 aliphatic carbocycles. The van der Waals surface area contributed by atoms with E-state index in [1.165, 1.54) is 0 Å². The normalized spacial score (nSPS) is 9.54. The Kier molecular flexibility index (Phi) is 25.6. The number of alkyl halides is 2. The fourth-order valence-electron chi connectivity index (χ4n) is 0.485. The van der Waals surface area contributed by atoms with Gasteiger partial charge in [0.05, 0.1) is 0 Å². The van der Waals surface area contributed by atoms with E-state index in [0.29, 0.717) is 11.8 Å². The van der Waals surface area contributed by atoms with Crippen LogP contribution >= 0.6 is 42.0 Å². The molecule has 0 amide bonds. The van der Waals surface area contributed by atoms with Gasteiger partial charge in [-0.25, -0.2) is 0 Å². The van der Waals surface area contributed by atoms with Gasteiger partial charge in [-0.3, -0.25) is 0 Å². The van der Waals surface area contributed by atoms with Gasteiger partial charge in [-0.2, -0.15) is 13.1 Å². The number of hydrogen-bond donors (Lipinski definition) is 0. The molecule has 0 bridgehead atoms. The summed E-state index contributed by atoms with van der Waals surface area (Å²) >= 11 is 10.3. The monoisotopic (exact) mass is 447 g/mol. The third-order valence-corrected chi connectivity index (χ3v) is 1.24. The average molecular weight is 449 g/mol. The van der Waals surface area contributed by atoms with E-state index in [2.05, 4.69) is 10.6 Å². The van der Waals surface area contributed by atoms with Gasteiger partial charge in [-0.15, -0.1) is 36.3 Å². The predicted octanol–water partition coefficient (Wildman–Crippen LogP) is 3.59.